The van der Waals surface area contributed by atoms with Gasteiger partial charge in [-0.3, -0.25) is 9.69 Å². The number of rotatable bonds is 6. The third-order valence-corrected chi connectivity index (χ3v) is 6.95. The topological polar surface area (TPSA) is 38.8 Å². The summed E-state index contributed by atoms with van der Waals surface area (Å²) in [5, 5.41) is 0.639. The quantitative estimate of drug-likeness (QED) is 0.244. The van der Waals surface area contributed by atoms with Crippen molar-refractivity contribution < 1.29 is 14.3 Å². The van der Waals surface area contributed by atoms with Crippen LogP contribution in [0.25, 0.3) is 6.08 Å². The van der Waals surface area contributed by atoms with Crippen molar-refractivity contribution in [3.8, 4) is 11.5 Å². The molecule has 0 atom stereocenters. The molecule has 0 aliphatic carbocycles. The van der Waals surface area contributed by atoms with E-state index < -0.39 is 0 Å². The highest BCUT2D eigenvalue weighted by atomic mass is 79.9. The Morgan fingerprint density at radius 2 is 1.84 bits per heavy atom. The zero-order chi connectivity index (χ0) is 22.7. The molecule has 0 saturated carbocycles. The Kier molecular flexibility index (Phi) is 7.20. The number of para-hydroxylation sites is 1. The Balaban J connectivity index is 1.59. The molecular formula is C24H17BrClNO3S2. The van der Waals surface area contributed by atoms with Gasteiger partial charge in [0, 0.05) is 10.6 Å². The second-order valence-electron chi connectivity index (χ2n) is 6.77. The zero-order valence-corrected chi connectivity index (χ0v) is 20.9. The SMILES string of the molecule is COc1cc(/C=C2/SC(=S)N(c3ccccc3)C2=O)cc(Br)c1OCc1ccccc1Cl. The van der Waals surface area contributed by atoms with E-state index in [1.165, 1.54) is 11.8 Å². The van der Waals surface area contributed by atoms with Gasteiger partial charge in [-0.15, -0.1) is 0 Å². The van der Waals surface area contributed by atoms with Crippen LogP contribution in [-0.2, 0) is 11.4 Å². The standard InChI is InChI=1S/C24H17BrClNO3S2/c1-29-20-12-15(11-18(25)22(20)30-14-16-7-5-6-10-19(16)26)13-21-23(28)27(24(31)32-21)17-8-3-2-4-9-17/h2-13H,14H2,1H3/b21-13+. The lowest BCUT2D eigenvalue weighted by atomic mass is 10.1. The highest BCUT2D eigenvalue weighted by molar-refractivity contribution is 9.10. The van der Waals surface area contributed by atoms with Crippen molar-refractivity contribution in [2.75, 3.05) is 12.0 Å². The number of hydrogen-bond acceptors (Lipinski definition) is 5. The first-order chi connectivity index (χ1) is 15.5. The molecule has 4 nitrogen and oxygen atoms in total. The third-order valence-electron chi connectivity index (χ3n) is 4.69. The molecule has 1 heterocycles. The molecule has 0 radical (unpaired) electrons. The first kappa shape index (κ1) is 22.9. The predicted octanol–water partition coefficient (Wildman–Crippen LogP) is 7.10. The number of methoxy groups -OCH3 is 1. The van der Waals surface area contributed by atoms with Crippen molar-refractivity contribution in [3.63, 3.8) is 0 Å². The van der Waals surface area contributed by atoms with Crippen molar-refractivity contribution in [1.82, 2.24) is 0 Å². The maximum atomic E-state index is 13.0. The number of carbonyl (C=O) groups is 1. The number of ether oxygens (including phenoxy) is 2. The summed E-state index contributed by atoms with van der Waals surface area (Å²) in [5.74, 6) is 0.943. The molecule has 1 aliphatic heterocycles. The molecule has 162 valence electrons. The Labute approximate surface area is 209 Å². The van der Waals surface area contributed by atoms with Gasteiger partial charge in [-0.05, 0) is 57.9 Å². The van der Waals surface area contributed by atoms with Gasteiger partial charge in [0.25, 0.3) is 5.91 Å². The van der Waals surface area contributed by atoms with E-state index in [-0.39, 0.29) is 5.91 Å². The van der Waals surface area contributed by atoms with Gasteiger partial charge in [-0.25, -0.2) is 0 Å². The van der Waals surface area contributed by atoms with Gasteiger partial charge in [0.05, 0.1) is 22.2 Å². The van der Waals surface area contributed by atoms with E-state index in [1.807, 2.05) is 66.7 Å². The van der Waals surface area contributed by atoms with Crippen LogP contribution in [0.1, 0.15) is 11.1 Å². The molecule has 3 aromatic rings. The Bertz CT molecular complexity index is 1220. The Morgan fingerprint density at radius 3 is 2.56 bits per heavy atom. The number of carbonyl (C=O) groups excluding carboxylic acids is 1. The summed E-state index contributed by atoms with van der Waals surface area (Å²) in [6.07, 6.45) is 1.80. The van der Waals surface area contributed by atoms with Gasteiger partial charge in [0.15, 0.2) is 15.8 Å². The fraction of sp³-hybridized carbons (Fsp3) is 0.0833. The lowest BCUT2D eigenvalue weighted by Gasteiger charge is -2.15. The summed E-state index contributed by atoms with van der Waals surface area (Å²) in [5.41, 5.74) is 2.41. The van der Waals surface area contributed by atoms with Crippen molar-refractivity contribution in [2.45, 2.75) is 6.61 Å². The van der Waals surface area contributed by atoms with Crippen LogP contribution in [0, 0.1) is 0 Å². The van der Waals surface area contributed by atoms with E-state index in [9.17, 15) is 4.79 Å². The number of thiocarbonyl (C=S) groups is 1. The summed E-state index contributed by atoms with van der Waals surface area (Å²) < 4.78 is 12.7. The van der Waals surface area contributed by atoms with Crippen LogP contribution in [0.5, 0.6) is 11.5 Å². The van der Waals surface area contributed by atoms with Crippen molar-refractivity contribution >= 4 is 73.5 Å². The number of halogens is 2. The average Bonchev–Trinajstić information content (AvgIpc) is 3.07. The number of hydrogen-bond donors (Lipinski definition) is 0. The van der Waals surface area contributed by atoms with Gasteiger partial charge in [0.1, 0.15) is 6.61 Å². The molecule has 1 saturated heterocycles. The highest BCUT2D eigenvalue weighted by Gasteiger charge is 2.33. The van der Waals surface area contributed by atoms with Gasteiger partial charge in [-0.2, -0.15) is 0 Å². The molecule has 0 N–H and O–H groups in total. The zero-order valence-electron chi connectivity index (χ0n) is 16.9. The van der Waals surface area contributed by atoms with Crippen LogP contribution >= 0.6 is 51.5 Å². The van der Waals surface area contributed by atoms with Gasteiger partial charge in [-0.1, -0.05) is 72.0 Å². The van der Waals surface area contributed by atoms with Crippen LogP contribution in [0.3, 0.4) is 0 Å². The van der Waals surface area contributed by atoms with Gasteiger partial charge < -0.3 is 9.47 Å². The molecule has 4 rings (SSSR count). The van der Waals surface area contributed by atoms with Crippen LogP contribution in [-0.4, -0.2) is 17.3 Å². The highest BCUT2D eigenvalue weighted by Crippen LogP contribution is 2.40. The maximum absolute atomic E-state index is 13.0. The molecule has 1 amide bonds. The molecule has 8 heteroatoms. The first-order valence-corrected chi connectivity index (χ1v) is 11.9. The van der Waals surface area contributed by atoms with E-state index >= 15 is 0 Å². The molecule has 3 aromatic carbocycles. The molecule has 0 bridgehead atoms. The summed E-state index contributed by atoms with van der Waals surface area (Å²) in [7, 11) is 1.57. The summed E-state index contributed by atoms with van der Waals surface area (Å²) in [6.45, 7) is 0.295. The normalized spacial score (nSPS) is 14.8. The Hall–Kier alpha value is -2.32. The van der Waals surface area contributed by atoms with Crippen LogP contribution in [0.4, 0.5) is 5.69 Å². The van der Waals surface area contributed by atoms with E-state index in [1.54, 1.807) is 18.1 Å². The maximum Gasteiger partial charge on any atom is 0.270 e. The lowest BCUT2D eigenvalue weighted by molar-refractivity contribution is -0.113. The fourth-order valence-electron chi connectivity index (χ4n) is 3.15. The van der Waals surface area contributed by atoms with E-state index in [0.717, 1.165) is 16.8 Å². The minimum absolute atomic E-state index is 0.152. The average molecular weight is 547 g/mol. The smallest absolute Gasteiger partial charge is 0.270 e. The first-order valence-electron chi connectivity index (χ1n) is 9.54. The molecule has 0 spiro atoms. The predicted molar refractivity (Wildman–Crippen MR) is 139 cm³/mol. The number of thioether (sulfide) groups is 1. The molecule has 32 heavy (non-hydrogen) atoms. The van der Waals surface area contributed by atoms with Crippen molar-refractivity contribution in [1.29, 1.82) is 0 Å². The van der Waals surface area contributed by atoms with Crippen LogP contribution < -0.4 is 14.4 Å². The second kappa shape index (κ2) is 10.1. The van der Waals surface area contributed by atoms with Gasteiger partial charge in [0.2, 0.25) is 0 Å². The third kappa shape index (κ3) is 4.86. The monoisotopic (exact) mass is 545 g/mol. The summed E-state index contributed by atoms with van der Waals surface area (Å²) in [6, 6.07) is 20.6. The molecular weight excluding hydrogens is 530 g/mol. The lowest BCUT2D eigenvalue weighted by Crippen LogP contribution is -2.27. The number of nitrogens with zero attached hydrogens (tertiary/aromatic N) is 1. The second-order valence-corrected chi connectivity index (χ2v) is 9.70. The minimum Gasteiger partial charge on any atom is -0.493 e. The van der Waals surface area contributed by atoms with Gasteiger partial charge >= 0.3 is 0 Å². The van der Waals surface area contributed by atoms with Crippen molar-refractivity contribution in [3.05, 3.63) is 92.3 Å². The van der Waals surface area contributed by atoms with Crippen LogP contribution in [0.15, 0.2) is 76.1 Å². The Morgan fingerprint density at radius 1 is 1.12 bits per heavy atom. The number of amides is 1. The number of benzene rings is 3. The summed E-state index contributed by atoms with van der Waals surface area (Å²) >= 11 is 16.5. The molecule has 1 aliphatic rings. The number of anilines is 1. The summed E-state index contributed by atoms with van der Waals surface area (Å²) in [4.78, 5) is 15.1. The van der Waals surface area contributed by atoms with E-state index in [0.29, 0.717) is 36.8 Å². The van der Waals surface area contributed by atoms with E-state index in [4.69, 9.17) is 33.3 Å². The molecule has 1 fully saturated rings. The molecule has 0 unspecified atom stereocenters. The largest absolute Gasteiger partial charge is 0.493 e. The minimum atomic E-state index is -0.152. The van der Waals surface area contributed by atoms with E-state index in [2.05, 4.69) is 15.9 Å². The van der Waals surface area contributed by atoms with Crippen molar-refractivity contribution in [2.24, 2.45) is 0 Å². The van der Waals surface area contributed by atoms with Crippen LogP contribution in [0.2, 0.25) is 5.02 Å². The molecule has 0 aromatic heterocycles. The fourth-order valence-corrected chi connectivity index (χ4v) is 5.21.